The van der Waals surface area contributed by atoms with Gasteiger partial charge in [-0.2, -0.15) is 0 Å². The predicted octanol–water partition coefficient (Wildman–Crippen LogP) is 2.22. The van der Waals surface area contributed by atoms with Crippen molar-refractivity contribution in [3.05, 3.63) is 29.8 Å². The van der Waals surface area contributed by atoms with Gasteiger partial charge in [-0.25, -0.2) is 0 Å². The highest BCUT2D eigenvalue weighted by molar-refractivity contribution is 5.72. The number of alkyl halides is 3. The number of hydrogen-bond acceptors (Lipinski definition) is 2. The SMILES string of the molecule is CC(=O)NCc1ccc(OC(F)(F)F)cc1. The minimum absolute atomic E-state index is 0.199. The van der Waals surface area contributed by atoms with E-state index in [-0.39, 0.29) is 18.2 Å². The Hall–Kier alpha value is -1.72. The number of carbonyl (C=O) groups excluding carboxylic acids is 1. The first-order chi connectivity index (χ1) is 7.37. The molecule has 0 aliphatic carbocycles. The highest BCUT2D eigenvalue weighted by Crippen LogP contribution is 2.22. The van der Waals surface area contributed by atoms with Gasteiger partial charge in [0, 0.05) is 13.5 Å². The summed E-state index contributed by atoms with van der Waals surface area (Å²) in [5.41, 5.74) is 0.699. The van der Waals surface area contributed by atoms with E-state index in [1.54, 1.807) is 0 Å². The Morgan fingerprint density at radius 1 is 1.31 bits per heavy atom. The van der Waals surface area contributed by atoms with Crippen LogP contribution < -0.4 is 10.1 Å². The summed E-state index contributed by atoms with van der Waals surface area (Å²) in [6.45, 7) is 1.64. The third-order valence-electron chi connectivity index (χ3n) is 1.70. The molecular formula is C10H10F3NO2. The van der Waals surface area contributed by atoms with Crippen molar-refractivity contribution < 1.29 is 22.7 Å². The second kappa shape index (κ2) is 4.87. The maximum atomic E-state index is 11.8. The number of carbonyl (C=O) groups is 1. The van der Waals surface area contributed by atoms with Gasteiger partial charge in [-0.3, -0.25) is 4.79 Å². The molecule has 0 aliphatic rings. The molecule has 0 spiro atoms. The number of nitrogens with one attached hydrogen (secondary N) is 1. The highest BCUT2D eigenvalue weighted by atomic mass is 19.4. The van der Waals surface area contributed by atoms with Gasteiger partial charge in [0.15, 0.2) is 0 Å². The van der Waals surface area contributed by atoms with Gasteiger partial charge in [0.1, 0.15) is 5.75 Å². The molecule has 0 saturated heterocycles. The summed E-state index contributed by atoms with van der Waals surface area (Å²) in [7, 11) is 0. The number of amides is 1. The lowest BCUT2D eigenvalue weighted by molar-refractivity contribution is -0.274. The minimum Gasteiger partial charge on any atom is -0.406 e. The number of halogens is 3. The smallest absolute Gasteiger partial charge is 0.406 e. The lowest BCUT2D eigenvalue weighted by Gasteiger charge is -2.09. The van der Waals surface area contributed by atoms with E-state index in [2.05, 4.69) is 10.1 Å². The standard InChI is InChI=1S/C10H10F3NO2/c1-7(15)14-6-8-2-4-9(5-3-8)16-10(11,12)13/h2-5H,6H2,1H3,(H,14,15). The molecule has 1 N–H and O–H groups in total. The Morgan fingerprint density at radius 3 is 2.31 bits per heavy atom. The number of hydrogen-bond donors (Lipinski definition) is 1. The molecular weight excluding hydrogens is 223 g/mol. The summed E-state index contributed by atoms with van der Waals surface area (Å²) in [5, 5.41) is 2.53. The van der Waals surface area contributed by atoms with Crippen molar-refractivity contribution in [2.24, 2.45) is 0 Å². The van der Waals surface area contributed by atoms with Gasteiger partial charge in [-0.05, 0) is 17.7 Å². The monoisotopic (exact) mass is 233 g/mol. The van der Waals surface area contributed by atoms with Gasteiger partial charge in [0.2, 0.25) is 5.91 Å². The van der Waals surface area contributed by atoms with E-state index in [0.717, 1.165) is 0 Å². The van der Waals surface area contributed by atoms with Gasteiger partial charge in [0.25, 0.3) is 0 Å². The van der Waals surface area contributed by atoms with Crippen LogP contribution in [0.25, 0.3) is 0 Å². The molecule has 0 saturated carbocycles. The molecule has 88 valence electrons. The molecule has 0 heterocycles. The first-order valence-corrected chi connectivity index (χ1v) is 4.46. The molecule has 0 bridgehead atoms. The van der Waals surface area contributed by atoms with Crippen molar-refractivity contribution in [3.8, 4) is 5.75 Å². The Labute approximate surface area is 90.2 Å². The van der Waals surface area contributed by atoms with Gasteiger partial charge in [0.05, 0.1) is 0 Å². The van der Waals surface area contributed by atoms with Crippen LogP contribution >= 0.6 is 0 Å². The van der Waals surface area contributed by atoms with E-state index in [0.29, 0.717) is 5.56 Å². The zero-order chi connectivity index (χ0) is 12.2. The van der Waals surface area contributed by atoms with Gasteiger partial charge >= 0.3 is 6.36 Å². The van der Waals surface area contributed by atoms with E-state index in [1.165, 1.54) is 31.2 Å². The molecule has 6 heteroatoms. The van der Waals surface area contributed by atoms with Crippen LogP contribution in [0, 0.1) is 0 Å². The third kappa shape index (κ3) is 4.68. The normalized spacial score (nSPS) is 11.0. The molecule has 0 unspecified atom stereocenters. The van der Waals surface area contributed by atoms with Crippen molar-refractivity contribution in [1.82, 2.24) is 5.32 Å². The van der Waals surface area contributed by atoms with Gasteiger partial charge in [-0.15, -0.1) is 13.2 Å². The van der Waals surface area contributed by atoms with Crippen molar-refractivity contribution in [3.63, 3.8) is 0 Å². The fraction of sp³-hybridized carbons (Fsp3) is 0.300. The van der Waals surface area contributed by atoms with Gasteiger partial charge in [-0.1, -0.05) is 12.1 Å². The molecule has 0 aromatic heterocycles. The second-order valence-electron chi connectivity index (χ2n) is 3.10. The second-order valence-corrected chi connectivity index (χ2v) is 3.10. The molecule has 0 atom stereocenters. The largest absolute Gasteiger partial charge is 0.573 e. The van der Waals surface area contributed by atoms with E-state index in [4.69, 9.17) is 0 Å². The van der Waals surface area contributed by atoms with E-state index >= 15 is 0 Å². The molecule has 1 rings (SSSR count). The molecule has 1 amide bonds. The van der Waals surface area contributed by atoms with Crippen LogP contribution in [0.3, 0.4) is 0 Å². The fourth-order valence-corrected chi connectivity index (χ4v) is 1.04. The number of ether oxygens (including phenoxy) is 1. The Morgan fingerprint density at radius 2 is 1.88 bits per heavy atom. The summed E-state index contributed by atoms with van der Waals surface area (Å²) in [5.74, 6) is -0.477. The van der Waals surface area contributed by atoms with Crippen LogP contribution in [-0.2, 0) is 11.3 Å². The fourth-order valence-electron chi connectivity index (χ4n) is 1.04. The Balaban J connectivity index is 2.57. The molecule has 3 nitrogen and oxygen atoms in total. The first-order valence-electron chi connectivity index (χ1n) is 4.46. The molecule has 0 aliphatic heterocycles. The maximum Gasteiger partial charge on any atom is 0.573 e. The van der Waals surface area contributed by atoms with Crippen LogP contribution in [0.4, 0.5) is 13.2 Å². The molecule has 16 heavy (non-hydrogen) atoms. The van der Waals surface area contributed by atoms with Crippen LogP contribution in [0.2, 0.25) is 0 Å². The van der Waals surface area contributed by atoms with Crippen LogP contribution in [0.1, 0.15) is 12.5 Å². The summed E-state index contributed by atoms with van der Waals surface area (Å²) >= 11 is 0. The summed E-state index contributed by atoms with van der Waals surface area (Å²) < 4.78 is 39.1. The predicted molar refractivity (Wildman–Crippen MR) is 50.6 cm³/mol. The number of benzene rings is 1. The molecule has 1 aromatic carbocycles. The average Bonchev–Trinajstić information content (AvgIpc) is 2.14. The molecule has 1 aromatic rings. The summed E-state index contributed by atoms with van der Waals surface area (Å²) in [6, 6.07) is 5.31. The lowest BCUT2D eigenvalue weighted by Crippen LogP contribution is -2.19. The zero-order valence-corrected chi connectivity index (χ0v) is 8.47. The lowest BCUT2D eigenvalue weighted by atomic mass is 10.2. The Bertz CT molecular complexity index is 359. The van der Waals surface area contributed by atoms with Crippen molar-refractivity contribution >= 4 is 5.91 Å². The van der Waals surface area contributed by atoms with Crippen LogP contribution in [-0.4, -0.2) is 12.3 Å². The Kier molecular flexibility index (Phi) is 3.76. The van der Waals surface area contributed by atoms with Crippen molar-refractivity contribution in [2.75, 3.05) is 0 Å². The van der Waals surface area contributed by atoms with E-state index in [1.807, 2.05) is 0 Å². The molecule has 0 radical (unpaired) electrons. The average molecular weight is 233 g/mol. The van der Waals surface area contributed by atoms with E-state index in [9.17, 15) is 18.0 Å². The van der Waals surface area contributed by atoms with Crippen LogP contribution in [0.15, 0.2) is 24.3 Å². The topological polar surface area (TPSA) is 38.3 Å². The molecule has 0 fully saturated rings. The van der Waals surface area contributed by atoms with E-state index < -0.39 is 6.36 Å². The number of rotatable bonds is 3. The first kappa shape index (κ1) is 12.4. The zero-order valence-electron chi connectivity index (χ0n) is 8.47. The quantitative estimate of drug-likeness (QED) is 0.869. The summed E-state index contributed by atoms with van der Waals surface area (Å²) in [4.78, 5) is 10.6. The van der Waals surface area contributed by atoms with Crippen LogP contribution in [0.5, 0.6) is 5.75 Å². The van der Waals surface area contributed by atoms with Crippen molar-refractivity contribution in [1.29, 1.82) is 0 Å². The maximum absolute atomic E-state index is 11.8. The third-order valence-corrected chi connectivity index (χ3v) is 1.70. The highest BCUT2D eigenvalue weighted by Gasteiger charge is 2.30. The minimum atomic E-state index is -4.68. The van der Waals surface area contributed by atoms with Crippen molar-refractivity contribution in [2.45, 2.75) is 19.8 Å². The van der Waals surface area contributed by atoms with Gasteiger partial charge < -0.3 is 10.1 Å². The summed E-state index contributed by atoms with van der Waals surface area (Å²) in [6.07, 6.45) is -4.68.